The summed E-state index contributed by atoms with van der Waals surface area (Å²) in [6.45, 7) is 0. The molecule has 1 aromatic heterocycles. The van der Waals surface area contributed by atoms with Gasteiger partial charge < -0.3 is 23.7 Å². The van der Waals surface area contributed by atoms with Crippen LogP contribution in [0.15, 0.2) is 12.3 Å². The molecule has 0 amide bonds. The highest BCUT2D eigenvalue weighted by atomic mass is 35.5. The maximum atomic E-state index is 9.09. The van der Waals surface area contributed by atoms with Crippen LogP contribution < -0.4 is 18.6 Å². The molecule has 1 atom stereocenters. The van der Waals surface area contributed by atoms with Crippen LogP contribution in [0.25, 0.3) is 0 Å². The van der Waals surface area contributed by atoms with E-state index in [9.17, 15) is 0 Å². The summed E-state index contributed by atoms with van der Waals surface area (Å²) in [6, 6.07) is 1.70. The van der Waals surface area contributed by atoms with Crippen molar-refractivity contribution in [1.29, 1.82) is 0 Å². The Morgan fingerprint density at radius 2 is 2.23 bits per heavy atom. The van der Waals surface area contributed by atoms with Crippen molar-refractivity contribution < 1.29 is 17.5 Å². The summed E-state index contributed by atoms with van der Waals surface area (Å²) in [5.74, 6) is 0.212. The van der Waals surface area contributed by atoms with Crippen molar-refractivity contribution in [2.24, 2.45) is 0 Å². The SMILES string of the molecule is OC(CCl)Cc1ccnnn1.[Cl-].[NH4+]. The van der Waals surface area contributed by atoms with Crippen LogP contribution >= 0.6 is 11.6 Å². The van der Waals surface area contributed by atoms with Crippen LogP contribution in [-0.2, 0) is 6.42 Å². The molecule has 76 valence electrons. The highest BCUT2D eigenvalue weighted by Crippen LogP contribution is 1.98. The minimum Gasteiger partial charge on any atom is -1.00 e. The van der Waals surface area contributed by atoms with Gasteiger partial charge in [0.2, 0.25) is 0 Å². The molecule has 5 N–H and O–H groups in total. The third-order valence-corrected chi connectivity index (χ3v) is 1.54. The maximum absolute atomic E-state index is 9.09. The standard InChI is InChI=1S/C6H8ClN3O.ClH.H3N/c7-4-6(11)3-5-1-2-8-10-9-5;;/h1-2,6,11H,3-4H2;1H;1H3. The molecule has 5 nitrogen and oxygen atoms in total. The van der Waals surface area contributed by atoms with Crippen LogP contribution in [0.1, 0.15) is 5.69 Å². The van der Waals surface area contributed by atoms with Crippen molar-refractivity contribution >= 4 is 11.6 Å². The second kappa shape index (κ2) is 8.12. The fourth-order valence-electron chi connectivity index (χ4n) is 0.671. The van der Waals surface area contributed by atoms with Gasteiger partial charge in [-0.15, -0.1) is 21.8 Å². The quantitative estimate of drug-likeness (QED) is 0.553. The monoisotopic (exact) mass is 226 g/mol. The van der Waals surface area contributed by atoms with Crippen molar-refractivity contribution in [1.82, 2.24) is 21.6 Å². The fraction of sp³-hybridized carbons (Fsp3) is 0.500. The molecule has 0 aromatic carbocycles. The molecule has 0 aliphatic heterocycles. The average molecular weight is 227 g/mol. The molecule has 0 saturated carbocycles. The van der Waals surface area contributed by atoms with E-state index in [0.717, 1.165) is 0 Å². The Labute approximate surface area is 87.5 Å². The second-order valence-electron chi connectivity index (χ2n) is 2.12. The first kappa shape index (κ1) is 15.0. The average Bonchev–Trinajstić information content (AvgIpc) is 2.06. The van der Waals surface area contributed by atoms with E-state index in [0.29, 0.717) is 12.1 Å². The summed E-state index contributed by atoms with van der Waals surface area (Å²) in [4.78, 5) is 0. The molecule has 0 fully saturated rings. The molecule has 0 spiro atoms. The van der Waals surface area contributed by atoms with Gasteiger partial charge in [0.1, 0.15) is 0 Å². The summed E-state index contributed by atoms with van der Waals surface area (Å²) in [6.07, 6.45) is 1.41. The van der Waals surface area contributed by atoms with Crippen LogP contribution in [0, 0.1) is 0 Å². The molecule has 7 heteroatoms. The normalized spacial score (nSPS) is 10.9. The molecular formula is C6H12Cl2N4O. The van der Waals surface area contributed by atoms with Gasteiger partial charge in [-0.2, -0.15) is 0 Å². The number of alkyl halides is 1. The van der Waals surface area contributed by atoms with E-state index in [1.807, 2.05) is 0 Å². The number of aliphatic hydroxyl groups excluding tert-OH is 1. The van der Waals surface area contributed by atoms with Crippen LogP contribution in [0.5, 0.6) is 0 Å². The van der Waals surface area contributed by atoms with Crippen LogP contribution in [-0.4, -0.2) is 32.5 Å². The lowest BCUT2D eigenvalue weighted by Crippen LogP contribution is -3.00. The molecule has 0 saturated heterocycles. The number of nitrogens with zero attached hydrogens (tertiary/aromatic N) is 3. The number of hydrogen-bond acceptors (Lipinski definition) is 4. The highest BCUT2D eigenvalue weighted by molar-refractivity contribution is 6.18. The Morgan fingerprint density at radius 1 is 1.54 bits per heavy atom. The largest absolute Gasteiger partial charge is 1.00 e. The number of aliphatic hydroxyl groups is 1. The summed E-state index contributed by atoms with van der Waals surface area (Å²) < 4.78 is 0. The summed E-state index contributed by atoms with van der Waals surface area (Å²) in [5.41, 5.74) is 0.702. The summed E-state index contributed by atoms with van der Waals surface area (Å²) in [7, 11) is 0. The van der Waals surface area contributed by atoms with Crippen molar-refractivity contribution in [2.75, 3.05) is 5.88 Å². The van der Waals surface area contributed by atoms with Gasteiger partial charge >= 0.3 is 0 Å². The van der Waals surface area contributed by atoms with Crippen molar-refractivity contribution in [2.45, 2.75) is 12.5 Å². The third kappa shape index (κ3) is 5.70. The smallest absolute Gasteiger partial charge is 0.0731 e. The van der Waals surface area contributed by atoms with E-state index in [1.54, 1.807) is 6.07 Å². The maximum Gasteiger partial charge on any atom is 0.0731 e. The van der Waals surface area contributed by atoms with Crippen LogP contribution in [0.2, 0.25) is 0 Å². The van der Waals surface area contributed by atoms with Gasteiger partial charge in [0.25, 0.3) is 0 Å². The van der Waals surface area contributed by atoms with Crippen LogP contribution in [0.3, 0.4) is 0 Å². The fourth-order valence-corrected chi connectivity index (χ4v) is 0.780. The minimum atomic E-state index is -0.548. The summed E-state index contributed by atoms with van der Waals surface area (Å²) in [5, 5.41) is 19.7. The first-order chi connectivity index (χ1) is 5.33. The molecule has 1 rings (SSSR count). The first-order valence-corrected chi connectivity index (χ1v) is 3.73. The number of halogens is 2. The second-order valence-corrected chi connectivity index (χ2v) is 2.43. The minimum absolute atomic E-state index is 0. The Bertz CT molecular complexity index is 211. The number of aromatic nitrogens is 3. The van der Waals surface area contributed by atoms with Crippen LogP contribution in [0.4, 0.5) is 0 Å². The Balaban J connectivity index is 0. The highest BCUT2D eigenvalue weighted by Gasteiger charge is 2.03. The lowest BCUT2D eigenvalue weighted by Gasteiger charge is -2.02. The van der Waals surface area contributed by atoms with Gasteiger partial charge in [-0.3, -0.25) is 0 Å². The molecule has 1 heterocycles. The molecule has 0 aliphatic rings. The zero-order valence-corrected chi connectivity index (χ0v) is 8.70. The molecule has 1 unspecified atom stereocenters. The van der Waals surface area contributed by atoms with Gasteiger partial charge in [0, 0.05) is 12.3 Å². The van der Waals surface area contributed by atoms with Gasteiger partial charge in [-0.1, -0.05) is 0 Å². The van der Waals surface area contributed by atoms with Gasteiger partial charge in [-0.25, -0.2) is 0 Å². The van der Waals surface area contributed by atoms with E-state index >= 15 is 0 Å². The predicted molar refractivity (Wildman–Crippen MR) is 46.2 cm³/mol. The van der Waals surface area contributed by atoms with Crippen molar-refractivity contribution in [3.8, 4) is 0 Å². The molecule has 0 bridgehead atoms. The lowest BCUT2D eigenvalue weighted by molar-refractivity contribution is -0.00000510. The molecule has 13 heavy (non-hydrogen) atoms. The van der Waals surface area contributed by atoms with Gasteiger partial charge in [0.05, 0.1) is 18.0 Å². The Morgan fingerprint density at radius 3 is 2.69 bits per heavy atom. The molecule has 1 aromatic rings. The number of hydrogen-bond donors (Lipinski definition) is 2. The van der Waals surface area contributed by atoms with E-state index in [1.165, 1.54) is 6.20 Å². The number of quaternary nitrogens is 1. The summed E-state index contributed by atoms with van der Waals surface area (Å²) >= 11 is 5.39. The van der Waals surface area contributed by atoms with Gasteiger partial charge in [-0.05, 0) is 11.3 Å². The lowest BCUT2D eigenvalue weighted by atomic mass is 10.2. The molecular weight excluding hydrogens is 215 g/mol. The molecule has 0 aliphatic carbocycles. The Kier molecular flexibility index (Phi) is 9.38. The zero-order chi connectivity index (χ0) is 8.10. The van der Waals surface area contributed by atoms with E-state index in [4.69, 9.17) is 16.7 Å². The molecule has 0 radical (unpaired) electrons. The zero-order valence-electron chi connectivity index (χ0n) is 7.19. The van der Waals surface area contributed by atoms with Crippen molar-refractivity contribution in [3.63, 3.8) is 0 Å². The Hall–Kier alpha value is -0.490. The van der Waals surface area contributed by atoms with E-state index in [2.05, 4.69) is 15.4 Å². The number of rotatable bonds is 3. The van der Waals surface area contributed by atoms with E-state index < -0.39 is 6.10 Å². The predicted octanol–water partition coefficient (Wildman–Crippen LogP) is -2.61. The van der Waals surface area contributed by atoms with Gasteiger partial charge in [0.15, 0.2) is 0 Å². The topological polar surface area (TPSA) is 95.4 Å². The van der Waals surface area contributed by atoms with E-state index in [-0.39, 0.29) is 24.4 Å². The third-order valence-electron chi connectivity index (χ3n) is 1.18. The first-order valence-electron chi connectivity index (χ1n) is 3.20. The van der Waals surface area contributed by atoms with Crippen molar-refractivity contribution in [3.05, 3.63) is 18.0 Å².